The van der Waals surface area contributed by atoms with Gasteiger partial charge in [0.2, 0.25) is 21.8 Å². The molecule has 0 aliphatic carbocycles. The van der Waals surface area contributed by atoms with Crippen LogP contribution in [0.2, 0.25) is 10.0 Å². The van der Waals surface area contributed by atoms with Gasteiger partial charge in [-0.15, -0.1) is 0 Å². The minimum Gasteiger partial charge on any atom is -0.383 e. The van der Waals surface area contributed by atoms with Crippen LogP contribution in [0.25, 0.3) is 32.7 Å². The Balaban J connectivity index is 0.000000121. The van der Waals surface area contributed by atoms with E-state index in [1.165, 1.54) is 22.8 Å². The summed E-state index contributed by atoms with van der Waals surface area (Å²) in [4.78, 5) is 44.3. The Hall–Kier alpha value is -8.01. The monoisotopic (exact) mass is 1240 g/mol. The number of hydrogen-bond donors (Lipinski definition) is 4. The molecule has 2 amide bonds. The van der Waals surface area contributed by atoms with E-state index in [0.29, 0.717) is 61.0 Å². The Bertz CT molecular complexity index is 3920. The van der Waals surface area contributed by atoms with Crippen molar-refractivity contribution in [1.29, 1.82) is 5.26 Å². The predicted molar refractivity (Wildman–Crippen MR) is 343 cm³/mol. The molecule has 6 aliphatic rings. The van der Waals surface area contributed by atoms with Crippen LogP contribution in [0.1, 0.15) is 79.2 Å². The van der Waals surface area contributed by atoms with E-state index in [-0.39, 0.29) is 11.8 Å². The molecule has 14 rings (SSSR count). The molecule has 0 atom stereocenters. The van der Waals surface area contributed by atoms with Crippen LogP contribution in [0.5, 0.6) is 0 Å². The highest BCUT2D eigenvalue weighted by molar-refractivity contribution is 7.88. The first-order valence-electron chi connectivity index (χ1n) is 29.6. The number of carbonyl (C=O) groups is 2. The van der Waals surface area contributed by atoms with Gasteiger partial charge in [0.05, 0.1) is 59.6 Å². The molecule has 0 radical (unpaired) electrons. The molecule has 22 nitrogen and oxygen atoms in total. The van der Waals surface area contributed by atoms with Gasteiger partial charge in [0.15, 0.2) is 0 Å². The number of ether oxygens (including phenoxy) is 1. The van der Waals surface area contributed by atoms with Gasteiger partial charge >= 0.3 is 0 Å². The number of rotatable bonds is 7. The van der Waals surface area contributed by atoms with Crippen LogP contribution in [-0.4, -0.2) is 187 Å². The summed E-state index contributed by atoms with van der Waals surface area (Å²) in [6, 6.07) is 24.3. The van der Waals surface area contributed by atoms with E-state index in [0.717, 1.165) is 171 Å². The second-order valence-electron chi connectivity index (χ2n) is 22.8. The lowest BCUT2D eigenvalue weighted by atomic mass is 9.83. The minimum absolute atomic E-state index is 0.115. The van der Waals surface area contributed by atoms with Gasteiger partial charge in [0, 0.05) is 179 Å². The van der Waals surface area contributed by atoms with Gasteiger partial charge < -0.3 is 39.9 Å². The van der Waals surface area contributed by atoms with Crippen LogP contribution in [0.3, 0.4) is 0 Å². The van der Waals surface area contributed by atoms with Gasteiger partial charge in [0.1, 0.15) is 11.7 Å². The molecule has 0 bridgehead atoms. The van der Waals surface area contributed by atoms with Crippen LogP contribution >= 0.6 is 23.2 Å². The number of aromatic amines is 3. The molecule has 5 saturated heterocycles. The summed E-state index contributed by atoms with van der Waals surface area (Å²) in [6.07, 6.45) is 12.5. The van der Waals surface area contributed by atoms with E-state index in [1.807, 2.05) is 70.9 Å². The molecule has 5 fully saturated rings. The number of hydrogen-bond acceptors (Lipinski definition) is 16. The number of aromatic nitrogens is 7. The maximum Gasteiger partial charge on any atom is 0.219 e. The zero-order valence-electron chi connectivity index (χ0n) is 49.3. The number of carbonyl (C=O) groups excluding carboxylic acids is 2. The number of anilines is 4. The molecule has 25 heteroatoms. The van der Waals surface area contributed by atoms with Gasteiger partial charge in [-0.3, -0.25) is 29.9 Å². The van der Waals surface area contributed by atoms with Crippen LogP contribution in [-0.2, 0) is 30.9 Å². The quantitative estimate of drug-likeness (QED) is 0.118. The van der Waals surface area contributed by atoms with E-state index in [4.69, 9.17) is 38.9 Å². The summed E-state index contributed by atoms with van der Waals surface area (Å²) in [7, 11) is -3.09. The van der Waals surface area contributed by atoms with Gasteiger partial charge in [-0.05, 0) is 103 Å². The van der Waals surface area contributed by atoms with Crippen molar-refractivity contribution in [2.24, 2.45) is 10.7 Å². The van der Waals surface area contributed by atoms with E-state index >= 15 is 0 Å². The Kier molecular flexibility index (Phi) is 18.8. The number of H-pyrrole nitrogens is 3. The molecule has 4 aromatic heterocycles. The Morgan fingerprint density at radius 2 is 1.16 bits per heavy atom. The number of sulfonamides is 1. The molecule has 5 N–H and O–H groups in total. The molecular formula is C62H73Cl2N17O5S. The average Bonchev–Trinajstić information content (AvgIpc) is 2.98. The predicted octanol–water partition coefficient (Wildman–Crippen LogP) is 7.86. The van der Waals surface area contributed by atoms with Gasteiger partial charge in [-0.1, -0.05) is 35.3 Å². The highest BCUT2D eigenvalue weighted by atomic mass is 35.5. The van der Waals surface area contributed by atoms with Crippen molar-refractivity contribution in [1.82, 2.24) is 49.7 Å². The number of nitrogens with zero attached hydrogens (tertiary/aromatic N) is 13. The summed E-state index contributed by atoms with van der Waals surface area (Å²) < 4.78 is 30.6. The van der Waals surface area contributed by atoms with E-state index < -0.39 is 10.0 Å². The summed E-state index contributed by atoms with van der Waals surface area (Å²) >= 11 is 12.4. The van der Waals surface area contributed by atoms with Crippen molar-refractivity contribution >= 4 is 106 Å². The summed E-state index contributed by atoms with van der Waals surface area (Å²) in [5.41, 5.74) is 17.5. The number of fused-ring (bicyclic) bond motifs is 4. The van der Waals surface area contributed by atoms with Crippen LogP contribution in [0, 0.1) is 11.3 Å². The minimum atomic E-state index is -3.09. The van der Waals surface area contributed by atoms with Gasteiger partial charge in [0.25, 0.3) is 0 Å². The van der Waals surface area contributed by atoms with Crippen LogP contribution < -0.4 is 25.3 Å². The van der Waals surface area contributed by atoms with Crippen LogP contribution in [0.4, 0.5) is 22.9 Å². The number of halogens is 2. The number of nitrogens with two attached hydrogens (primary N) is 1. The SMILES string of the molecule is CC(=O)N1CCN(c2cc(C#N)cc3[nH]ncc23)CC1.CC(=O)N1CCN(c2cc(Cl)cc3c2CN=C3N)CC1.CS(=O)(=O)N1CCC(c2cc(C3CCOCC3)cc3[nH]ncc23)CC1.Clc1cc(N2CCN(c3ccccn3)CC2)c2cn[nH]c2c1. The van der Waals surface area contributed by atoms with Crippen LogP contribution in [0.15, 0.2) is 96.5 Å². The first kappa shape index (κ1) is 60.7. The van der Waals surface area contributed by atoms with Gasteiger partial charge in [-0.25, -0.2) is 17.7 Å². The van der Waals surface area contributed by atoms with E-state index in [1.54, 1.807) is 30.4 Å². The Morgan fingerprint density at radius 1 is 0.632 bits per heavy atom. The fourth-order valence-electron chi connectivity index (χ4n) is 12.6. The molecule has 456 valence electrons. The maximum atomic E-state index is 11.8. The molecular weight excluding hydrogens is 1170 g/mol. The van der Waals surface area contributed by atoms with Crippen molar-refractivity contribution in [3.8, 4) is 6.07 Å². The van der Waals surface area contributed by atoms with Crippen molar-refractivity contribution in [2.75, 3.05) is 131 Å². The van der Waals surface area contributed by atoms with Crippen molar-refractivity contribution in [3.63, 3.8) is 0 Å². The Morgan fingerprint density at radius 3 is 1.74 bits per heavy atom. The summed E-state index contributed by atoms with van der Waals surface area (Å²) in [6.45, 7) is 16.5. The Labute approximate surface area is 516 Å². The summed E-state index contributed by atoms with van der Waals surface area (Å²) in [5, 5.41) is 35.3. The smallest absolute Gasteiger partial charge is 0.219 e. The lowest BCUT2D eigenvalue weighted by Gasteiger charge is -2.37. The normalized spacial score (nSPS) is 17.9. The molecule has 8 aromatic rings. The number of nitriles is 1. The highest BCUT2D eigenvalue weighted by Crippen LogP contribution is 2.39. The topological polar surface area (TPSA) is 261 Å². The summed E-state index contributed by atoms with van der Waals surface area (Å²) in [5.74, 6) is 2.78. The molecule has 0 unspecified atom stereocenters. The molecule has 6 aliphatic heterocycles. The number of amides is 2. The first-order chi connectivity index (χ1) is 42.1. The molecule has 0 spiro atoms. The van der Waals surface area contributed by atoms with Crippen molar-refractivity contribution in [2.45, 2.75) is 57.9 Å². The van der Waals surface area contributed by atoms with E-state index in [2.05, 4.69) is 84.4 Å². The fourth-order valence-corrected chi connectivity index (χ4v) is 13.9. The second kappa shape index (κ2) is 26.9. The molecule has 4 aromatic carbocycles. The number of benzene rings is 4. The third-order valence-electron chi connectivity index (χ3n) is 17.4. The largest absolute Gasteiger partial charge is 0.383 e. The number of piperidine rings is 1. The zero-order chi connectivity index (χ0) is 60.8. The molecule has 0 saturated carbocycles. The standard InChI is InChI=1S/C18H25N3O3S.C16H16ClN5.C14H17ClN4O.C14H15N5O/c1-25(22,23)21-6-2-14(3-7-21)16-10-15(13-4-8-24-9-5-13)11-18-17(16)12-19-20-18;17-12-9-14-13(11-19-20-14)15(10-12)21-5-7-22(8-6-21)16-3-1-2-4-18-16;1-9(20)18-2-4-19(5-3-18)13-7-10(15)6-11-12(13)8-17-14(11)16;1-10(20)18-2-4-19(5-3-18)14-7-11(8-15)6-13-12(14)9-16-17-13/h10-14H,2-9H2,1H3,(H,19,20);1-4,9-11H,5-8H2,(H,19,20);6-7H,2-5,8H2,1H3,(H2,16,17);6-7,9H,2-5H2,1H3,(H,16,17). The lowest BCUT2D eigenvalue weighted by molar-refractivity contribution is -0.129. The highest BCUT2D eigenvalue weighted by Gasteiger charge is 2.30. The molecule has 87 heavy (non-hydrogen) atoms. The number of pyridine rings is 1. The van der Waals surface area contributed by atoms with Crippen molar-refractivity contribution in [3.05, 3.63) is 129 Å². The second-order valence-corrected chi connectivity index (χ2v) is 25.6. The third kappa shape index (κ3) is 14.1. The number of piperazine rings is 3. The third-order valence-corrected chi connectivity index (χ3v) is 19.2. The number of aliphatic imine (C=N–C) groups is 1. The number of amidine groups is 1. The van der Waals surface area contributed by atoms with Gasteiger partial charge in [-0.2, -0.15) is 20.6 Å². The molecule has 10 heterocycles. The fraction of sp³-hybridized carbons (Fsp3) is 0.419. The maximum absolute atomic E-state index is 11.8. The number of nitrogens with one attached hydrogen (secondary N) is 3. The zero-order valence-corrected chi connectivity index (χ0v) is 51.6. The lowest BCUT2D eigenvalue weighted by Crippen LogP contribution is -2.48. The van der Waals surface area contributed by atoms with Crippen molar-refractivity contribution < 1.29 is 22.7 Å². The average molecular weight is 1240 g/mol. The van der Waals surface area contributed by atoms with E-state index in [9.17, 15) is 18.0 Å². The first-order valence-corrected chi connectivity index (χ1v) is 32.2.